The van der Waals surface area contributed by atoms with Crippen molar-refractivity contribution >= 4 is 44.7 Å². The quantitative estimate of drug-likeness (QED) is 0.393. The van der Waals surface area contributed by atoms with Crippen molar-refractivity contribution in [2.24, 2.45) is 10.3 Å². The van der Waals surface area contributed by atoms with Crippen molar-refractivity contribution in [2.75, 3.05) is 6.61 Å². The number of aromatic hydroxyl groups is 1. The van der Waals surface area contributed by atoms with E-state index in [-0.39, 0.29) is 12.4 Å². The molecule has 0 spiro atoms. The number of aryl methyl sites for hydroxylation is 2. The Kier molecular flexibility index (Phi) is 6.36. The van der Waals surface area contributed by atoms with Crippen LogP contribution in [0.5, 0.6) is 5.75 Å². The van der Waals surface area contributed by atoms with E-state index in [1.165, 1.54) is 6.21 Å². The summed E-state index contributed by atoms with van der Waals surface area (Å²) in [6.45, 7) is 1.53. The van der Waals surface area contributed by atoms with Crippen LogP contribution < -0.4 is 5.43 Å². The standard InChI is InChI=1S/C23H22BrN3O4/c1-14(15-7-3-2-4-8-15)27-30-13-21(28)26-25-12-17-22-16-9-5-6-10-19(16)31-20(22)11-18(24)23(17)29/h2-4,7-8,11-12,29H,5-6,9-10,13H2,1H3,(H,26,28)/b25-12-,27-14+. The van der Waals surface area contributed by atoms with Gasteiger partial charge in [-0.1, -0.05) is 35.5 Å². The molecule has 1 aliphatic carbocycles. The van der Waals surface area contributed by atoms with Crippen molar-refractivity contribution in [3.05, 3.63) is 63.3 Å². The summed E-state index contributed by atoms with van der Waals surface area (Å²) in [5, 5.41) is 19.4. The summed E-state index contributed by atoms with van der Waals surface area (Å²) in [5.74, 6) is 0.553. The van der Waals surface area contributed by atoms with Crippen LogP contribution in [0.3, 0.4) is 0 Å². The molecule has 0 radical (unpaired) electrons. The molecule has 0 fully saturated rings. The van der Waals surface area contributed by atoms with E-state index in [9.17, 15) is 9.90 Å². The van der Waals surface area contributed by atoms with Crippen molar-refractivity contribution in [1.82, 2.24) is 5.43 Å². The maximum Gasteiger partial charge on any atom is 0.280 e. The molecular formula is C23H22BrN3O4. The van der Waals surface area contributed by atoms with Gasteiger partial charge in [-0.25, -0.2) is 5.43 Å². The smallest absolute Gasteiger partial charge is 0.280 e. The minimum absolute atomic E-state index is 0.0546. The first-order valence-electron chi connectivity index (χ1n) is 10.0. The van der Waals surface area contributed by atoms with Gasteiger partial charge in [0.1, 0.15) is 17.1 Å². The van der Waals surface area contributed by atoms with Gasteiger partial charge in [-0.3, -0.25) is 4.79 Å². The minimum atomic E-state index is -0.458. The van der Waals surface area contributed by atoms with Gasteiger partial charge in [-0.15, -0.1) is 0 Å². The Morgan fingerprint density at radius 3 is 2.87 bits per heavy atom. The average molecular weight is 484 g/mol. The van der Waals surface area contributed by atoms with Crippen molar-refractivity contribution in [1.29, 1.82) is 0 Å². The molecule has 1 aromatic heterocycles. The summed E-state index contributed by atoms with van der Waals surface area (Å²) in [6.07, 6.45) is 5.38. The lowest BCUT2D eigenvalue weighted by Crippen LogP contribution is -2.22. The number of benzene rings is 2. The van der Waals surface area contributed by atoms with E-state index in [1.807, 2.05) is 30.3 Å². The van der Waals surface area contributed by atoms with E-state index in [2.05, 4.69) is 31.6 Å². The Morgan fingerprint density at radius 1 is 1.29 bits per heavy atom. The number of phenolic OH excluding ortho intramolecular Hbond substituents is 1. The molecule has 4 rings (SSSR count). The third-order valence-electron chi connectivity index (χ3n) is 5.18. The van der Waals surface area contributed by atoms with E-state index in [4.69, 9.17) is 9.25 Å². The number of nitrogens with zero attached hydrogens (tertiary/aromatic N) is 2. The number of fused-ring (bicyclic) bond motifs is 3. The largest absolute Gasteiger partial charge is 0.506 e. The number of amides is 1. The summed E-state index contributed by atoms with van der Waals surface area (Å²) < 4.78 is 6.49. The maximum atomic E-state index is 12.0. The second-order valence-corrected chi connectivity index (χ2v) is 8.17. The second kappa shape index (κ2) is 9.34. The monoisotopic (exact) mass is 483 g/mol. The third-order valence-corrected chi connectivity index (χ3v) is 5.78. The third kappa shape index (κ3) is 4.64. The number of carbonyl (C=O) groups is 1. The predicted octanol–water partition coefficient (Wildman–Crippen LogP) is 4.67. The van der Waals surface area contributed by atoms with E-state index in [1.54, 1.807) is 13.0 Å². The second-order valence-electron chi connectivity index (χ2n) is 7.31. The van der Waals surface area contributed by atoms with Crippen LogP contribution in [-0.4, -0.2) is 29.5 Å². The molecule has 1 aliphatic rings. The molecule has 3 aromatic rings. The van der Waals surface area contributed by atoms with Crippen molar-refractivity contribution in [2.45, 2.75) is 32.6 Å². The minimum Gasteiger partial charge on any atom is -0.506 e. The fourth-order valence-electron chi connectivity index (χ4n) is 3.66. The first-order chi connectivity index (χ1) is 15.0. The maximum absolute atomic E-state index is 12.0. The van der Waals surface area contributed by atoms with Gasteiger partial charge in [0.15, 0.2) is 6.61 Å². The molecule has 2 N–H and O–H groups in total. The van der Waals surface area contributed by atoms with Crippen LogP contribution >= 0.6 is 15.9 Å². The highest BCUT2D eigenvalue weighted by molar-refractivity contribution is 9.10. The molecule has 0 saturated carbocycles. The molecule has 0 unspecified atom stereocenters. The number of halogens is 1. The highest BCUT2D eigenvalue weighted by atomic mass is 79.9. The van der Waals surface area contributed by atoms with Gasteiger partial charge >= 0.3 is 0 Å². The highest BCUT2D eigenvalue weighted by Crippen LogP contribution is 2.40. The van der Waals surface area contributed by atoms with Crippen LogP contribution in [0.2, 0.25) is 0 Å². The van der Waals surface area contributed by atoms with Gasteiger partial charge in [0.2, 0.25) is 0 Å². The van der Waals surface area contributed by atoms with Gasteiger partial charge in [0.05, 0.1) is 16.4 Å². The van der Waals surface area contributed by atoms with E-state index in [0.29, 0.717) is 21.3 Å². The summed E-state index contributed by atoms with van der Waals surface area (Å²) in [4.78, 5) is 17.2. The Balaban J connectivity index is 1.44. The van der Waals surface area contributed by atoms with Crippen LogP contribution in [0.15, 0.2) is 55.5 Å². The van der Waals surface area contributed by atoms with Gasteiger partial charge in [-0.2, -0.15) is 5.10 Å². The number of nitrogens with one attached hydrogen (secondary N) is 1. The predicted molar refractivity (Wildman–Crippen MR) is 123 cm³/mol. The Hall–Kier alpha value is -3.13. The average Bonchev–Trinajstić information content (AvgIpc) is 3.14. The van der Waals surface area contributed by atoms with Crippen molar-refractivity contribution in [3.8, 4) is 5.75 Å². The first-order valence-corrected chi connectivity index (χ1v) is 10.8. The number of furan rings is 1. The molecule has 0 aliphatic heterocycles. The summed E-state index contributed by atoms with van der Waals surface area (Å²) in [6, 6.07) is 11.3. The number of phenols is 1. The number of hydrogen-bond donors (Lipinski definition) is 2. The number of oxime groups is 1. The van der Waals surface area contributed by atoms with Crippen molar-refractivity contribution in [3.63, 3.8) is 0 Å². The molecule has 1 heterocycles. The van der Waals surface area contributed by atoms with E-state index in [0.717, 1.165) is 48.0 Å². The summed E-state index contributed by atoms with van der Waals surface area (Å²) in [5.41, 5.74) is 6.30. The Bertz CT molecular complexity index is 1170. The van der Waals surface area contributed by atoms with Crippen LogP contribution in [0.1, 0.15) is 42.2 Å². The number of carbonyl (C=O) groups excluding carboxylic acids is 1. The van der Waals surface area contributed by atoms with Gasteiger partial charge in [0.25, 0.3) is 5.91 Å². The summed E-state index contributed by atoms with van der Waals surface area (Å²) >= 11 is 3.35. The lowest BCUT2D eigenvalue weighted by molar-refractivity contribution is -0.125. The fraction of sp³-hybridized carbons (Fsp3) is 0.261. The first kappa shape index (κ1) is 21.1. The van der Waals surface area contributed by atoms with Crippen LogP contribution in [0.25, 0.3) is 11.0 Å². The lowest BCUT2D eigenvalue weighted by atomic mass is 9.94. The zero-order valence-electron chi connectivity index (χ0n) is 17.0. The topological polar surface area (TPSA) is 96.4 Å². The normalized spacial score (nSPS) is 14.1. The van der Waals surface area contributed by atoms with Gasteiger partial charge < -0.3 is 14.4 Å². The molecule has 2 aromatic carbocycles. The fourth-order valence-corrected chi connectivity index (χ4v) is 4.08. The van der Waals surface area contributed by atoms with E-state index < -0.39 is 5.91 Å². The van der Waals surface area contributed by atoms with Gasteiger partial charge in [0, 0.05) is 22.9 Å². The molecule has 31 heavy (non-hydrogen) atoms. The van der Waals surface area contributed by atoms with E-state index >= 15 is 0 Å². The molecule has 8 heteroatoms. The molecule has 1 amide bonds. The molecule has 0 atom stereocenters. The molecule has 0 saturated heterocycles. The zero-order valence-corrected chi connectivity index (χ0v) is 18.6. The molecule has 160 valence electrons. The van der Waals surface area contributed by atoms with Crippen LogP contribution in [0, 0.1) is 0 Å². The number of rotatable bonds is 6. The molecular weight excluding hydrogens is 462 g/mol. The number of hydrazone groups is 1. The van der Waals surface area contributed by atoms with Crippen LogP contribution in [0.4, 0.5) is 0 Å². The van der Waals surface area contributed by atoms with Crippen molar-refractivity contribution < 1.29 is 19.2 Å². The zero-order chi connectivity index (χ0) is 21.8. The van der Waals surface area contributed by atoms with Gasteiger partial charge in [-0.05, 0) is 53.7 Å². The molecule has 7 nitrogen and oxygen atoms in total. The number of hydrogen-bond acceptors (Lipinski definition) is 6. The van der Waals surface area contributed by atoms with Crippen LogP contribution in [-0.2, 0) is 22.5 Å². The molecule has 0 bridgehead atoms. The Labute approximate surface area is 187 Å². The summed E-state index contributed by atoms with van der Waals surface area (Å²) in [7, 11) is 0. The SMILES string of the molecule is C/C(=N\OCC(=O)N/N=C\c1c(O)c(Br)cc2oc3c(c12)CCCC3)c1ccccc1. The lowest BCUT2D eigenvalue weighted by Gasteiger charge is -2.10. The Morgan fingerprint density at radius 2 is 2.06 bits per heavy atom. The highest BCUT2D eigenvalue weighted by Gasteiger charge is 2.22.